The molecule has 1 atom stereocenters. The van der Waals surface area contributed by atoms with Crippen LogP contribution < -0.4 is 10.1 Å². The lowest BCUT2D eigenvalue weighted by atomic mass is 9.97. The molecule has 2 aromatic carbocycles. The average Bonchev–Trinajstić information content (AvgIpc) is 3.13. The van der Waals surface area contributed by atoms with Gasteiger partial charge < -0.3 is 14.6 Å². The van der Waals surface area contributed by atoms with E-state index >= 15 is 0 Å². The predicted octanol–water partition coefficient (Wildman–Crippen LogP) is 4.18. The van der Waals surface area contributed by atoms with E-state index in [4.69, 9.17) is 4.74 Å². The molecule has 0 saturated carbocycles. The van der Waals surface area contributed by atoms with Crippen molar-refractivity contribution in [2.24, 2.45) is 5.92 Å². The van der Waals surface area contributed by atoms with Crippen LogP contribution in [0.2, 0.25) is 0 Å². The maximum Gasteiger partial charge on any atom is 0.228 e. The highest BCUT2D eigenvalue weighted by Crippen LogP contribution is 2.30. The Labute approximate surface area is 152 Å². The zero-order chi connectivity index (χ0) is 17.9. The lowest BCUT2D eigenvalue weighted by Crippen LogP contribution is -2.30. The van der Waals surface area contributed by atoms with E-state index in [0.717, 1.165) is 24.5 Å². The predicted molar refractivity (Wildman–Crippen MR) is 100 cm³/mol. The van der Waals surface area contributed by atoms with Crippen molar-refractivity contribution in [3.8, 4) is 11.5 Å². The first-order valence-corrected chi connectivity index (χ1v) is 8.83. The molecule has 1 aliphatic heterocycles. The van der Waals surface area contributed by atoms with Crippen LogP contribution in [0.15, 0.2) is 60.9 Å². The van der Waals surface area contributed by atoms with Gasteiger partial charge >= 0.3 is 0 Å². The molecule has 1 N–H and O–H groups in total. The molecule has 0 bridgehead atoms. The van der Waals surface area contributed by atoms with E-state index < -0.39 is 0 Å². The quantitative estimate of drug-likeness (QED) is 0.770. The second kappa shape index (κ2) is 7.04. The fraction of sp³-hybridized carbons (Fsp3) is 0.238. The summed E-state index contributed by atoms with van der Waals surface area (Å²) in [4.78, 5) is 17.1. The van der Waals surface area contributed by atoms with Gasteiger partial charge in [0.15, 0.2) is 5.75 Å². The molecule has 132 valence electrons. The van der Waals surface area contributed by atoms with Crippen LogP contribution in [0.3, 0.4) is 0 Å². The zero-order valence-electron chi connectivity index (χ0n) is 14.7. The summed E-state index contributed by atoms with van der Waals surface area (Å²) < 4.78 is 8.07. The Morgan fingerprint density at radius 1 is 1.19 bits per heavy atom. The Kier molecular flexibility index (Phi) is 4.44. The molecular formula is C21H21N3O2. The number of nitrogens with zero attached hydrogens (tertiary/aromatic N) is 2. The van der Waals surface area contributed by atoms with Crippen LogP contribution in [-0.2, 0) is 17.8 Å². The minimum Gasteiger partial charge on any atom is -0.455 e. The smallest absolute Gasteiger partial charge is 0.228 e. The molecule has 5 nitrogen and oxygen atoms in total. The first-order chi connectivity index (χ1) is 12.7. The summed E-state index contributed by atoms with van der Waals surface area (Å²) in [5, 5.41) is 3.03. The second-order valence-electron chi connectivity index (χ2n) is 6.63. The Morgan fingerprint density at radius 2 is 2.00 bits per heavy atom. The monoisotopic (exact) mass is 347 g/mol. The summed E-state index contributed by atoms with van der Waals surface area (Å²) in [5.41, 5.74) is 1.86. The number of nitrogens with one attached hydrogen (secondary N) is 1. The van der Waals surface area contributed by atoms with Crippen molar-refractivity contribution >= 4 is 11.6 Å². The molecule has 0 spiro atoms. The number of anilines is 1. The van der Waals surface area contributed by atoms with Crippen molar-refractivity contribution in [3.05, 3.63) is 72.3 Å². The standard InChI is InChI=1S/C21H21N3O2/c1-15-6-8-17(9-7-15)26-19-5-3-2-4-18(19)23-21(25)16-10-12-24-13-11-22-20(24)14-16/h2-9,11,13,16H,10,12,14H2,1H3,(H,23,25)/t16-/m0/s1. The summed E-state index contributed by atoms with van der Waals surface area (Å²) in [6.45, 7) is 2.86. The van der Waals surface area contributed by atoms with Gasteiger partial charge in [-0.05, 0) is 37.6 Å². The Hall–Kier alpha value is -3.08. The number of para-hydroxylation sites is 2. The summed E-state index contributed by atoms with van der Waals surface area (Å²) in [5.74, 6) is 2.30. The average molecular weight is 347 g/mol. The molecule has 3 aromatic rings. The van der Waals surface area contributed by atoms with Gasteiger partial charge in [-0.3, -0.25) is 4.79 Å². The number of carbonyl (C=O) groups is 1. The molecule has 2 heterocycles. The van der Waals surface area contributed by atoms with E-state index in [0.29, 0.717) is 17.9 Å². The Balaban J connectivity index is 1.48. The molecule has 1 aromatic heterocycles. The van der Waals surface area contributed by atoms with Crippen LogP contribution in [0.25, 0.3) is 0 Å². The fourth-order valence-corrected chi connectivity index (χ4v) is 3.20. The first kappa shape index (κ1) is 16.4. The highest BCUT2D eigenvalue weighted by molar-refractivity contribution is 5.94. The van der Waals surface area contributed by atoms with E-state index in [1.165, 1.54) is 5.56 Å². The van der Waals surface area contributed by atoms with Crippen molar-refractivity contribution < 1.29 is 9.53 Å². The van der Waals surface area contributed by atoms with E-state index in [1.54, 1.807) is 6.20 Å². The molecule has 0 aliphatic carbocycles. The second-order valence-corrected chi connectivity index (χ2v) is 6.63. The lowest BCUT2D eigenvalue weighted by Gasteiger charge is -2.23. The summed E-state index contributed by atoms with van der Waals surface area (Å²) in [6, 6.07) is 15.4. The van der Waals surface area contributed by atoms with E-state index in [1.807, 2.05) is 61.7 Å². The minimum absolute atomic E-state index is 0.0132. The van der Waals surface area contributed by atoms with Crippen molar-refractivity contribution in [3.63, 3.8) is 0 Å². The lowest BCUT2D eigenvalue weighted by molar-refractivity contribution is -0.120. The number of ether oxygens (including phenoxy) is 1. The number of amides is 1. The number of benzene rings is 2. The highest BCUT2D eigenvalue weighted by atomic mass is 16.5. The molecule has 1 amide bonds. The third kappa shape index (κ3) is 3.47. The van der Waals surface area contributed by atoms with Crippen LogP contribution in [-0.4, -0.2) is 15.5 Å². The molecule has 0 fully saturated rings. The highest BCUT2D eigenvalue weighted by Gasteiger charge is 2.26. The third-order valence-corrected chi connectivity index (χ3v) is 4.71. The van der Waals surface area contributed by atoms with E-state index in [2.05, 4.69) is 14.9 Å². The summed E-state index contributed by atoms with van der Waals surface area (Å²) >= 11 is 0. The molecule has 0 radical (unpaired) electrons. The Bertz CT molecular complexity index is 915. The van der Waals surface area contributed by atoms with Gasteiger partial charge in [0.2, 0.25) is 5.91 Å². The van der Waals surface area contributed by atoms with Gasteiger partial charge in [-0.15, -0.1) is 0 Å². The molecular weight excluding hydrogens is 326 g/mol. The molecule has 0 saturated heterocycles. The number of hydrogen-bond donors (Lipinski definition) is 1. The normalized spacial score (nSPS) is 16.0. The number of fused-ring (bicyclic) bond motifs is 1. The molecule has 0 unspecified atom stereocenters. The van der Waals surface area contributed by atoms with Crippen molar-refractivity contribution in [2.45, 2.75) is 26.3 Å². The molecule has 26 heavy (non-hydrogen) atoms. The van der Waals surface area contributed by atoms with Gasteiger partial charge in [-0.1, -0.05) is 29.8 Å². The number of aromatic nitrogens is 2. The third-order valence-electron chi connectivity index (χ3n) is 4.71. The number of imidazole rings is 1. The van der Waals surface area contributed by atoms with Gasteiger partial charge in [0, 0.05) is 31.3 Å². The maximum absolute atomic E-state index is 12.7. The topological polar surface area (TPSA) is 56.1 Å². The van der Waals surface area contributed by atoms with Crippen molar-refractivity contribution in [2.75, 3.05) is 5.32 Å². The fourth-order valence-electron chi connectivity index (χ4n) is 3.20. The Morgan fingerprint density at radius 3 is 2.85 bits per heavy atom. The molecule has 5 heteroatoms. The number of hydrogen-bond acceptors (Lipinski definition) is 3. The SMILES string of the molecule is Cc1ccc(Oc2ccccc2NC(=O)[C@H]2CCn3ccnc3C2)cc1. The molecule has 4 rings (SSSR count). The largest absolute Gasteiger partial charge is 0.455 e. The number of carbonyl (C=O) groups excluding carboxylic acids is 1. The van der Waals surface area contributed by atoms with Gasteiger partial charge in [0.1, 0.15) is 11.6 Å². The van der Waals surface area contributed by atoms with Crippen molar-refractivity contribution in [1.29, 1.82) is 0 Å². The number of rotatable bonds is 4. The maximum atomic E-state index is 12.7. The van der Waals surface area contributed by atoms with E-state index in [9.17, 15) is 4.79 Å². The van der Waals surface area contributed by atoms with Crippen LogP contribution in [0, 0.1) is 12.8 Å². The summed E-state index contributed by atoms with van der Waals surface area (Å²) in [6.07, 6.45) is 5.24. The van der Waals surface area contributed by atoms with Crippen LogP contribution in [0.4, 0.5) is 5.69 Å². The first-order valence-electron chi connectivity index (χ1n) is 8.83. The minimum atomic E-state index is -0.0719. The van der Waals surface area contributed by atoms with Crippen LogP contribution in [0.5, 0.6) is 11.5 Å². The van der Waals surface area contributed by atoms with Gasteiger partial charge in [0.25, 0.3) is 0 Å². The summed E-state index contributed by atoms with van der Waals surface area (Å²) in [7, 11) is 0. The van der Waals surface area contributed by atoms with Crippen molar-refractivity contribution in [1.82, 2.24) is 9.55 Å². The van der Waals surface area contributed by atoms with Crippen LogP contribution >= 0.6 is 0 Å². The molecule has 1 aliphatic rings. The van der Waals surface area contributed by atoms with E-state index in [-0.39, 0.29) is 11.8 Å². The van der Waals surface area contributed by atoms with Gasteiger partial charge in [0.05, 0.1) is 5.69 Å². The van der Waals surface area contributed by atoms with Crippen LogP contribution in [0.1, 0.15) is 17.8 Å². The number of aryl methyl sites for hydroxylation is 2. The zero-order valence-corrected chi connectivity index (χ0v) is 14.7. The van der Waals surface area contributed by atoms with Gasteiger partial charge in [-0.25, -0.2) is 4.98 Å². The van der Waals surface area contributed by atoms with Gasteiger partial charge in [-0.2, -0.15) is 0 Å².